The number of aromatic nitrogens is 1. The van der Waals surface area contributed by atoms with Crippen LogP contribution in [0.25, 0.3) is 10.1 Å². The molecule has 3 nitrogen and oxygen atoms in total. The molecule has 4 heteroatoms. The Morgan fingerprint density at radius 3 is 3.08 bits per heavy atom. The summed E-state index contributed by atoms with van der Waals surface area (Å²) in [6, 6.07) is 5.91. The lowest BCUT2D eigenvalue weighted by molar-refractivity contribution is 0.419. The minimum atomic E-state index is 0.459. The SMILES string of the molecule is COc1cccc2snc(CN)c12. The van der Waals surface area contributed by atoms with Crippen molar-refractivity contribution < 1.29 is 4.74 Å². The van der Waals surface area contributed by atoms with E-state index in [0.717, 1.165) is 21.5 Å². The fourth-order valence-electron chi connectivity index (χ4n) is 1.33. The van der Waals surface area contributed by atoms with Gasteiger partial charge in [0.2, 0.25) is 0 Å². The number of fused-ring (bicyclic) bond motifs is 1. The molecule has 0 atom stereocenters. The molecule has 68 valence electrons. The summed E-state index contributed by atoms with van der Waals surface area (Å²) < 4.78 is 10.6. The Hall–Kier alpha value is -1.13. The summed E-state index contributed by atoms with van der Waals surface area (Å²) in [5.41, 5.74) is 6.49. The molecule has 0 spiro atoms. The van der Waals surface area contributed by atoms with E-state index < -0.39 is 0 Å². The normalized spacial score (nSPS) is 10.6. The number of hydrogen-bond donors (Lipinski definition) is 1. The number of methoxy groups -OCH3 is 1. The van der Waals surface area contributed by atoms with E-state index in [0.29, 0.717) is 6.54 Å². The van der Waals surface area contributed by atoms with E-state index in [1.54, 1.807) is 7.11 Å². The van der Waals surface area contributed by atoms with Crippen LogP contribution in [-0.2, 0) is 6.54 Å². The van der Waals surface area contributed by atoms with E-state index in [-0.39, 0.29) is 0 Å². The topological polar surface area (TPSA) is 48.1 Å². The molecule has 2 aromatic rings. The quantitative estimate of drug-likeness (QED) is 0.792. The van der Waals surface area contributed by atoms with E-state index >= 15 is 0 Å². The van der Waals surface area contributed by atoms with Crippen LogP contribution >= 0.6 is 11.5 Å². The van der Waals surface area contributed by atoms with Crippen molar-refractivity contribution in [1.82, 2.24) is 4.37 Å². The molecular formula is C9H10N2OS. The van der Waals surface area contributed by atoms with Crippen molar-refractivity contribution >= 4 is 21.6 Å². The van der Waals surface area contributed by atoms with Crippen molar-refractivity contribution in [3.8, 4) is 5.75 Å². The van der Waals surface area contributed by atoms with Gasteiger partial charge in [-0.05, 0) is 23.7 Å². The van der Waals surface area contributed by atoms with Gasteiger partial charge in [-0.3, -0.25) is 0 Å². The molecule has 0 radical (unpaired) electrons. The zero-order chi connectivity index (χ0) is 9.26. The van der Waals surface area contributed by atoms with Gasteiger partial charge in [0.1, 0.15) is 5.75 Å². The lowest BCUT2D eigenvalue weighted by atomic mass is 10.2. The lowest BCUT2D eigenvalue weighted by Crippen LogP contribution is -1.97. The molecular weight excluding hydrogens is 184 g/mol. The second-order valence-electron chi connectivity index (χ2n) is 2.67. The van der Waals surface area contributed by atoms with Gasteiger partial charge in [0, 0.05) is 6.54 Å². The zero-order valence-corrected chi connectivity index (χ0v) is 8.10. The number of benzene rings is 1. The summed E-state index contributed by atoms with van der Waals surface area (Å²) in [7, 11) is 1.66. The Balaban J connectivity index is 2.76. The van der Waals surface area contributed by atoms with E-state index in [2.05, 4.69) is 4.37 Å². The smallest absolute Gasteiger partial charge is 0.129 e. The first-order valence-corrected chi connectivity index (χ1v) is 4.75. The minimum absolute atomic E-state index is 0.459. The largest absolute Gasteiger partial charge is 0.496 e. The number of nitrogens with zero attached hydrogens (tertiary/aromatic N) is 1. The third-order valence-electron chi connectivity index (χ3n) is 1.94. The van der Waals surface area contributed by atoms with Crippen LogP contribution < -0.4 is 10.5 Å². The summed E-state index contributed by atoms with van der Waals surface area (Å²) >= 11 is 1.46. The molecule has 0 aliphatic rings. The van der Waals surface area contributed by atoms with Gasteiger partial charge in [0.05, 0.1) is 22.9 Å². The number of hydrogen-bond acceptors (Lipinski definition) is 4. The highest BCUT2D eigenvalue weighted by atomic mass is 32.1. The van der Waals surface area contributed by atoms with Gasteiger partial charge in [-0.15, -0.1) is 0 Å². The lowest BCUT2D eigenvalue weighted by Gasteiger charge is -2.01. The second-order valence-corrected chi connectivity index (χ2v) is 3.47. The monoisotopic (exact) mass is 194 g/mol. The van der Waals surface area contributed by atoms with Crippen LogP contribution in [0.1, 0.15) is 5.69 Å². The van der Waals surface area contributed by atoms with E-state index in [4.69, 9.17) is 10.5 Å². The molecule has 2 rings (SSSR count). The first kappa shape index (κ1) is 8.47. The van der Waals surface area contributed by atoms with E-state index in [9.17, 15) is 0 Å². The summed E-state index contributed by atoms with van der Waals surface area (Å²) in [5, 5.41) is 1.05. The van der Waals surface area contributed by atoms with Crippen molar-refractivity contribution in [2.75, 3.05) is 7.11 Å². The number of rotatable bonds is 2. The van der Waals surface area contributed by atoms with Crippen LogP contribution in [0.2, 0.25) is 0 Å². The number of nitrogens with two attached hydrogens (primary N) is 1. The van der Waals surface area contributed by atoms with Crippen LogP contribution in [0.15, 0.2) is 18.2 Å². The number of ether oxygens (including phenoxy) is 1. The zero-order valence-electron chi connectivity index (χ0n) is 7.28. The average Bonchev–Trinajstić information content (AvgIpc) is 2.60. The van der Waals surface area contributed by atoms with Crippen LogP contribution in [0.5, 0.6) is 5.75 Å². The molecule has 1 aromatic carbocycles. The molecule has 1 aromatic heterocycles. The molecule has 13 heavy (non-hydrogen) atoms. The van der Waals surface area contributed by atoms with Gasteiger partial charge in [-0.25, -0.2) is 0 Å². The van der Waals surface area contributed by atoms with Crippen molar-refractivity contribution in [2.45, 2.75) is 6.54 Å². The van der Waals surface area contributed by atoms with Crippen LogP contribution in [0, 0.1) is 0 Å². The van der Waals surface area contributed by atoms with Gasteiger partial charge in [0.15, 0.2) is 0 Å². The molecule has 0 fully saturated rings. The van der Waals surface area contributed by atoms with Crippen LogP contribution in [0.3, 0.4) is 0 Å². The van der Waals surface area contributed by atoms with Crippen molar-refractivity contribution in [1.29, 1.82) is 0 Å². The van der Waals surface area contributed by atoms with Crippen molar-refractivity contribution in [3.05, 3.63) is 23.9 Å². The highest BCUT2D eigenvalue weighted by molar-refractivity contribution is 7.13. The molecule has 1 heterocycles. The molecule has 0 saturated carbocycles. The Morgan fingerprint density at radius 1 is 1.54 bits per heavy atom. The maximum Gasteiger partial charge on any atom is 0.129 e. The van der Waals surface area contributed by atoms with Crippen LogP contribution in [-0.4, -0.2) is 11.5 Å². The average molecular weight is 194 g/mol. The summed E-state index contributed by atoms with van der Waals surface area (Å²) in [5.74, 6) is 0.853. The predicted octanol–water partition coefficient (Wildman–Crippen LogP) is 1.76. The van der Waals surface area contributed by atoms with Gasteiger partial charge in [-0.1, -0.05) is 6.07 Å². The fraction of sp³-hybridized carbons (Fsp3) is 0.222. The first-order chi connectivity index (χ1) is 6.36. The second kappa shape index (κ2) is 3.32. The van der Waals surface area contributed by atoms with Crippen molar-refractivity contribution in [2.24, 2.45) is 5.73 Å². The van der Waals surface area contributed by atoms with Gasteiger partial charge < -0.3 is 10.5 Å². The first-order valence-electron chi connectivity index (χ1n) is 3.98. The van der Waals surface area contributed by atoms with Gasteiger partial charge in [-0.2, -0.15) is 4.37 Å². The Labute approximate surface area is 80.3 Å². The molecule has 0 amide bonds. The Bertz CT molecular complexity index is 424. The standard InChI is InChI=1S/C9H10N2OS/c1-12-7-3-2-4-8-9(7)6(5-10)11-13-8/h2-4H,5,10H2,1H3. The molecule has 0 bridgehead atoms. The van der Waals surface area contributed by atoms with Crippen molar-refractivity contribution in [3.63, 3.8) is 0 Å². The Kier molecular flexibility index (Phi) is 2.16. The van der Waals surface area contributed by atoms with E-state index in [1.807, 2.05) is 18.2 Å². The highest BCUT2D eigenvalue weighted by Crippen LogP contribution is 2.30. The molecule has 0 aliphatic heterocycles. The molecule has 0 saturated heterocycles. The van der Waals surface area contributed by atoms with Crippen LogP contribution in [0.4, 0.5) is 0 Å². The van der Waals surface area contributed by atoms with E-state index in [1.165, 1.54) is 11.5 Å². The summed E-state index contributed by atoms with van der Waals surface area (Å²) in [6.07, 6.45) is 0. The fourth-order valence-corrected chi connectivity index (χ4v) is 2.15. The summed E-state index contributed by atoms with van der Waals surface area (Å²) in [6.45, 7) is 0.459. The van der Waals surface area contributed by atoms with Gasteiger partial charge in [0.25, 0.3) is 0 Å². The highest BCUT2D eigenvalue weighted by Gasteiger charge is 2.08. The minimum Gasteiger partial charge on any atom is -0.496 e. The molecule has 0 aliphatic carbocycles. The predicted molar refractivity (Wildman–Crippen MR) is 54.1 cm³/mol. The van der Waals surface area contributed by atoms with Gasteiger partial charge >= 0.3 is 0 Å². The third-order valence-corrected chi connectivity index (χ3v) is 2.79. The maximum atomic E-state index is 5.57. The molecule has 0 unspecified atom stereocenters. The molecule has 2 N–H and O–H groups in total. The summed E-state index contributed by atoms with van der Waals surface area (Å²) in [4.78, 5) is 0. The third kappa shape index (κ3) is 1.28. The Morgan fingerprint density at radius 2 is 2.38 bits per heavy atom. The maximum absolute atomic E-state index is 5.57.